The van der Waals surface area contributed by atoms with Crippen molar-refractivity contribution in [2.24, 2.45) is 16.7 Å². The van der Waals surface area contributed by atoms with Gasteiger partial charge in [-0.15, -0.1) is 6.58 Å². The molecule has 0 rings (SSSR count). The summed E-state index contributed by atoms with van der Waals surface area (Å²) in [6.07, 6.45) is 1.94. The number of hydrogen-bond donors (Lipinski definition) is 0. The van der Waals surface area contributed by atoms with Crippen LogP contribution < -0.4 is 0 Å². The number of ether oxygens (including phenoxy) is 1. The zero-order valence-corrected chi connectivity index (χ0v) is 12.3. The van der Waals surface area contributed by atoms with Crippen LogP contribution in [0.4, 0.5) is 0 Å². The highest BCUT2D eigenvalue weighted by Gasteiger charge is 2.47. The zero-order chi connectivity index (χ0) is 13.9. The topological polar surface area (TPSA) is 29.5 Å². The van der Waals surface area contributed by atoms with Crippen LogP contribution >= 0.6 is 0 Å². The van der Waals surface area contributed by atoms with Crippen LogP contribution in [0.3, 0.4) is 0 Å². The van der Waals surface area contributed by atoms with Gasteiger partial charge in [-0.2, -0.15) is 0 Å². The van der Waals surface area contributed by atoms with Crippen molar-refractivity contribution < 1.29 is 9.53 Å². The summed E-state index contributed by atoms with van der Waals surface area (Å²) in [5.74, 6) is 0.0553. The average molecular weight is 241 g/mol. The minimum Gasteiger partial charge on any atom is -0.469 e. The van der Waals surface area contributed by atoms with Gasteiger partial charge in [-0.1, -0.05) is 19.9 Å². The normalized spacial score (nSPS) is 14.6. The molecule has 0 fully saturated rings. The predicted octanol–water partition coefficient (Wildman–Crippen LogP) is 2.58. The molecule has 17 heavy (non-hydrogen) atoms. The second kappa shape index (κ2) is 5.67. The summed E-state index contributed by atoms with van der Waals surface area (Å²) in [6.45, 7) is 12.8. The van der Waals surface area contributed by atoms with E-state index in [4.69, 9.17) is 4.74 Å². The molecule has 1 atom stereocenters. The molecule has 0 aliphatic heterocycles. The molecule has 0 bridgehead atoms. The summed E-state index contributed by atoms with van der Waals surface area (Å²) < 4.78 is 4.91. The van der Waals surface area contributed by atoms with Gasteiger partial charge in [0.2, 0.25) is 0 Å². The van der Waals surface area contributed by atoms with Crippen LogP contribution in [0.25, 0.3) is 0 Å². The maximum absolute atomic E-state index is 11.9. The van der Waals surface area contributed by atoms with Gasteiger partial charge in [0.05, 0.1) is 12.5 Å². The fraction of sp³-hybridized carbons (Fsp3) is 0.786. The van der Waals surface area contributed by atoms with Crippen LogP contribution in [0.5, 0.6) is 0 Å². The van der Waals surface area contributed by atoms with Crippen molar-refractivity contribution in [3.63, 3.8) is 0 Å². The van der Waals surface area contributed by atoms with Crippen LogP contribution in [0, 0.1) is 16.7 Å². The third-order valence-electron chi connectivity index (χ3n) is 4.08. The summed E-state index contributed by atoms with van der Waals surface area (Å²) in [4.78, 5) is 14.0. The first kappa shape index (κ1) is 16.2. The van der Waals surface area contributed by atoms with Crippen molar-refractivity contribution in [1.82, 2.24) is 4.90 Å². The highest BCUT2D eigenvalue weighted by atomic mass is 16.5. The smallest absolute Gasteiger partial charge is 0.311 e. The first-order chi connectivity index (χ1) is 7.61. The van der Waals surface area contributed by atoms with E-state index >= 15 is 0 Å². The van der Waals surface area contributed by atoms with E-state index in [0.717, 1.165) is 6.54 Å². The fourth-order valence-electron chi connectivity index (χ4n) is 1.97. The minimum atomic E-state index is -0.545. The quantitative estimate of drug-likeness (QED) is 0.529. The number of hydrogen-bond acceptors (Lipinski definition) is 3. The highest BCUT2D eigenvalue weighted by Crippen LogP contribution is 2.45. The number of carbonyl (C=O) groups is 1. The first-order valence-electron chi connectivity index (χ1n) is 5.97. The van der Waals surface area contributed by atoms with Gasteiger partial charge in [-0.3, -0.25) is 4.79 Å². The third-order valence-corrected chi connectivity index (χ3v) is 4.08. The lowest BCUT2D eigenvalue weighted by molar-refractivity contribution is -0.159. The summed E-state index contributed by atoms with van der Waals surface area (Å²) in [5.41, 5.74) is -0.761. The summed E-state index contributed by atoms with van der Waals surface area (Å²) in [5, 5.41) is 0. The van der Waals surface area contributed by atoms with Crippen LogP contribution in [0.2, 0.25) is 0 Å². The monoisotopic (exact) mass is 241 g/mol. The number of carbonyl (C=O) groups excluding carboxylic acids is 1. The molecule has 0 aromatic rings. The number of methoxy groups -OCH3 is 1. The third kappa shape index (κ3) is 3.32. The Morgan fingerprint density at radius 3 is 2.12 bits per heavy atom. The number of nitrogens with zero attached hydrogens (tertiary/aromatic N) is 1. The highest BCUT2D eigenvalue weighted by molar-refractivity contribution is 5.76. The van der Waals surface area contributed by atoms with E-state index < -0.39 is 5.41 Å². The van der Waals surface area contributed by atoms with Crippen molar-refractivity contribution in [3.05, 3.63) is 12.7 Å². The molecule has 0 aliphatic rings. The van der Waals surface area contributed by atoms with Crippen LogP contribution in [-0.2, 0) is 9.53 Å². The molecule has 0 amide bonds. The van der Waals surface area contributed by atoms with E-state index in [1.807, 2.05) is 34.0 Å². The standard InChI is InChI=1S/C14H27NO2/c1-9-11(10-15(6)7)13(2,3)14(4,5)12(16)17-8/h9,11H,1,10H2,2-8H3. The van der Waals surface area contributed by atoms with Gasteiger partial charge < -0.3 is 9.64 Å². The van der Waals surface area contributed by atoms with Crippen LogP contribution in [-0.4, -0.2) is 38.6 Å². The summed E-state index contributed by atoms with van der Waals surface area (Å²) >= 11 is 0. The molecule has 0 aliphatic carbocycles. The molecule has 3 heteroatoms. The van der Waals surface area contributed by atoms with Crippen molar-refractivity contribution in [2.75, 3.05) is 27.7 Å². The van der Waals surface area contributed by atoms with Gasteiger partial charge in [0.15, 0.2) is 0 Å². The summed E-state index contributed by atoms with van der Waals surface area (Å²) in [6, 6.07) is 0. The fourth-order valence-corrected chi connectivity index (χ4v) is 1.97. The predicted molar refractivity (Wildman–Crippen MR) is 71.8 cm³/mol. The first-order valence-corrected chi connectivity index (χ1v) is 5.97. The molecule has 0 heterocycles. The molecule has 0 saturated carbocycles. The largest absolute Gasteiger partial charge is 0.469 e. The number of rotatable bonds is 6. The molecule has 0 aromatic carbocycles. The molecule has 0 spiro atoms. The maximum atomic E-state index is 11.9. The maximum Gasteiger partial charge on any atom is 0.311 e. The molecular weight excluding hydrogens is 214 g/mol. The van der Waals surface area contributed by atoms with E-state index in [2.05, 4.69) is 25.3 Å². The van der Waals surface area contributed by atoms with E-state index in [9.17, 15) is 4.79 Å². The van der Waals surface area contributed by atoms with E-state index in [-0.39, 0.29) is 17.3 Å². The lowest BCUT2D eigenvalue weighted by Crippen LogP contribution is -2.47. The molecule has 0 N–H and O–H groups in total. The van der Waals surface area contributed by atoms with Gasteiger partial charge in [-0.05, 0) is 39.3 Å². The zero-order valence-electron chi connectivity index (χ0n) is 12.3. The Kier molecular flexibility index (Phi) is 5.40. The van der Waals surface area contributed by atoms with Gasteiger partial charge in [0.25, 0.3) is 0 Å². The summed E-state index contributed by atoms with van der Waals surface area (Å²) in [7, 11) is 5.49. The Bertz CT molecular complexity index is 280. The molecular formula is C14H27NO2. The Morgan fingerprint density at radius 1 is 1.35 bits per heavy atom. The Labute approximate surface area is 106 Å². The SMILES string of the molecule is C=CC(CN(C)C)C(C)(C)C(C)(C)C(=O)OC. The second-order valence-corrected chi connectivity index (χ2v) is 5.94. The van der Waals surface area contributed by atoms with Crippen molar-refractivity contribution >= 4 is 5.97 Å². The molecule has 0 saturated heterocycles. The van der Waals surface area contributed by atoms with E-state index in [0.29, 0.717) is 0 Å². The minimum absolute atomic E-state index is 0.173. The molecule has 0 radical (unpaired) electrons. The number of esters is 1. The Morgan fingerprint density at radius 2 is 1.82 bits per heavy atom. The van der Waals surface area contributed by atoms with E-state index in [1.165, 1.54) is 7.11 Å². The molecule has 1 unspecified atom stereocenters. The lowest BCUT2D eigenvalue weighted by Gasteiger charge is -2.44. The van der Waals surface area contributed by atoms with Crippen LogP contribution in [0.1, 0.15) is 27.7 Å². The van der Waals surface area contributed by atoms with E-state index in [1.54, 1.807) is 0 Å². The molecule has 0 aromatic heterocycles. The van der Waals surface area contributed by atoms with Crippen molar-refractivity contribution in [1.29, 1.82) is 0 Å². The Balaban J connectivity index is 5.19. The van der Waals surface area contributed by atoms with Crippen molar-refractivity contribution in [2.45, 2.75) is 27.7 Å². The lowest BCUT2D eigenvalue weighted by atomic mass is 9.61. The molecule has 3 nitrogen and oxygen atoms in total. The molecule has 100 valence electrons. The van der Waals surface area contributed by atoms with Gasteiger partial charge in [0, 0.05) is 6.54 Å². The van der Waals surface area contributed by atoms with Crippen LogP contribution in [0.15, 0.2) is 12.7 Å². The van der Waals surface area contributed by atoms with Crippen molar-refractivity contribution in [3.8, 4) is 0 Å². The second-order valence-electron chi connectivity index (χ2n) is 5.94. The van der Waals surface area contributed by atoms with Gasteiger partial charge in [0.1, 0.15) is 0 Å². The van der Waals surface area contributed by atoms with Gasteiger partial charge >= 0.3 is 5.97 Å². The van der Waals surface area contributed by atoms with Gasteiger partial charge in [-0.25, -0.2) is 0 Å². The Hall–Kier alpha value is -0.830. The average Bonchev–Trinajstić information content (AvgIpc) is 2.23.